The van der Waals surface area contributed by atoms with E-state index in [-0.39, 0.29) is 0 Å². The van der Waals surface area contributed by atoms with Crippen LogP contribution in [0.15, 0.2) is 44.6 Å². The highest BCUT2D eigenvalue weighted by Gasteiger charge is 2.18. The Morgan fingerprint density at radius 3 is 3.08 bits per heavy atom. The summed E-state index contributed by atoms with van der Waals surface area (Å²) < 4.78 is 29.2. The van der Waals surface area contributed by atoms with E-state index >= 15 is 0 Å². The average Bonchev–Trinajstić information content (AvgIpc) is 3.09. The van der Waals surface area contributed by atoms with Gasteiger partial charge < -0.3 is 15.8 Å². The van der Waals surface area contributed by atoms with Crippen LogP contribution in [0.5, 0.6) is 0 Å². The number of rotatable bonds is 8. The van der Waals surface area contributed by atoms with Gasteiger partial charge in [-0.3, -0.25) is 4.99 Å². The zero-order valence-corrected chi connectivity index (χ0v) is 14.0. The maximum absolute atomic E-state index is 12.1. The summed E-state index contributed by atoms with van der Waals surface area (Å²) in [6.45, 7) is -1.78. The minimum Gasteiger partial charge on any atom is -0.398 e. The first kappa shape index (κ1) is 18.2. The van der Waals surface area contributed by atoms with Crippen molar-refractivity contribution in [2.45, 2.75) is 19.4 Å². The summed E-state index contributed by atoms with van der Waals surface area (Å²) in [5, 5.41) is 5.92. The molecule has 0 amide bonds. The lowest BCUT2D eigenvalue weighted by Crippen LogP contribution is -2.31. The molecule has 0 saturated carbocycles. The highest BCUT2D eigenvalue weighted by Crippen LogP contribution is 2.20. The molecule has 2 heterocycles. The molecular formula is C15H19F2N5OS. The van der Waals surface area contributed by atoms with Gasteiger partial charge in [-0.05, 0) is 18.9 Å². The molecule has 24 heavy (non-hydrogen) atoms. The molecule has 3 N–H and O–H groups in total. The van der Waals surface area contributed by atoms with E-state index in [2.05, 4.69) is 20.3 Å². The van der Waals surface area contributed by atoms with Gasteiger partial charge in [-0.15, -0.1) is 11.3 Å². The third kappa shape index (κ3) is 5.20. The Labute approximate surface area is 142 Å². The topological polar surface area (TPSA) is 84.9 Å². The zero-order valence-electron chi connectivity index (χ0n) is 13.2. The summed E-state index contributed by atoms with van der Waals surface area (Å²) in [6, 6.07) is 0. The molecule has 1 aromatic rings. The van der Waals surface area contributed by atoms with Gasteiger partial charge in [0.1, 0.15) is 0 Å². The van der Waals surface area contributed by atoms with Crippen LogP contribution < -0.4 is 11.1 Å². The lowest BCUT2D eigenvalue weighted by Gasteiger charge is -2.21. The third-order valence-electron chi connectivity index (χ3n) is 3.24. The van der Waals surface area contributed by atoms with E-state index in [0.717, 1.165) is 28.9 Å². The van der Waals surface area contributed by atoms with Gasteiger partial charge in [0.2, 0.25) is 0 Å². The van der Waals surface area contributed by atoms with Crippen LogP contribution in [0.2, 0.25) is 0 Å². The Morgan fingerprint density at radius 2 is 2.42 bits per heavy atom. The summed E-state index contributed by atoms with van der Waals surface area (Å²) in [6.07, 6.45) is 5.59. The van der Waals surface area contributed by atoms with Crippen molar-refractivity contribution in [3.63, 3.8) is 0 Å². The van der Waals surface area contributed by atoms with Gasteiger partial charge in [0.25, 0.3) is 0 Å². The van der Waals surface area contributed by atoms with Gasteiger partial charge in [0.05, 0.1) is 6.54 Å². The number of allylic oxidation sites excluding steroid dienone is 2. The fraction of sp³-hybridized carbons (Fsp3) is 0.400. The van der Waals surface area contributed by atoms with Crippen molar-refractivity contribution in [2.75, 3.05) is 20.3 Å². The second-order valence-corrected chi connectivity index (χ2v) is 5.77. The zero-order chi connectivity index (χ0) is 17.4. The highest BCUT2D eigenvalue weighted by molar-refractivity contribution is 7.11. The smallest absolute Gasteiger partial charge is 0.331 e. The van der Waals surface area contributed by atoms with Crippen molar-refractivity contribution in [1.29, 1.82) is 0 Å². The number of halogens is 2. The van der Waals surface area contributed by atoms with Crippen molar-refractivity contribution in [2.24, 2.45) is 15.7 Å². The van der Waals surface area contributed by atoms with Crippen LogP contribution in [-0.2, 0) is 4.74 Å². The molecule has 0 saturated heterocycles. The van der Waals surface area contributed by atoms with Crippen LogP contribution in [0.25, 0.3) is 0 Å². The molecule has 1 aliphatic rings. The maximum atomic E-state index is 12.1. The summed E-state index contributed by atoms with van der Waals surface area (Å²) in [5.74, 6) is 0.690. The maximum Gasteiger partial charge on any atom is 0.331 e. The number of nitrogens with zero attached hydrogens (tertiary/aromatic N) is 3. The van der Waals surface area contributed by atoms with Crippen molar-refractivity contribution < 1.29 is 13.5 Å². The van der Waals surface area contributed by atoms with Crippen molar-refractivity contribution in [3.05, 3.63) is 39.6 Å². The average molecular weight is 355 g/mol. The van der Waals surface area contributed by atoms with Crippen molar-refractivity contribution in [1.82, 2.24) is 10.3 Å². The van der Waals surface area contributed by atoms with Crippen LogP contribution in [0.1, 0.15) is 17.8 Å². The number of ether oxygens (including phenoxy) is 1. The lowest BCUT2D eigenvalue weighted by atomic mass is 10.0. The number of hydrogen-bond acceptors (Lipinski definition) is 7. The van der Waals surface area contributed by atoms with Crippen LogP contribution in [-0.4, -0.2) is 43.8 Å². The molecule has 2 rings (SSSR count). The molecule has 0 unspecified atom stereocenters. The fourth-order valence-electron chi connectivity index (χ4n) is 2.13. The molecular weight excluding hydrogens is 336 g/mol. The van der Waals surface area contributed by atoms with Gasteiger partial charge in [-0.25, -0.2) is 9.98 Å². The number of hydrogen-bond donors (Lipinski definition) is 2. The fourth-order valence-corrected chi connectivity index (χ4v) is 2.73. The molecule has 1 aromatic heterocycles. The Hall–Kier alpha value is -2.13. The van der Waals surface area contributed by atoms with E-state index in [0.29, 0.717) is 31.1 Å². The van der Waals surface area contributed by atoms with Crippen molar-refractivity contribution >= 4 is 23.4 Å². The molecule has 6 nitrogen and oxygen atoms in total. The number of amidine groups is 1. The third-order valence-corrected chi connectivity index (χ3v) is 4.02. The second kappa shape index (κ2) is 9.24. The number of aliphatic imine (C=N–C) groups is 2. The van der Waals surface area contributed by atoms with Gasteiger partial charge in [-0.1, -0.05) is 0 Å². The van der Waals surface area contributed by atoms with Crippen molar-refractivity contribution in [3.8, 4) is 0 Å². The predicted molar refractivity (Wildman–Crippen MR) is 91.6 cm³/mol. The highest BCUT2D eigenvalue weighted by atomic mass is 32.1. The van der Waals surface area contributed by atoms with Crippen LogP contribution in [0.3, 0.4) is 0 Å². The first-order valence-electron chi connectivity index (χ1n) is 7.31. The van der Waals surface area contributed by atoms with Crippen LogP contribution in [0, 0.1) is 0 Å². The standard InChI is InChI=1S/C15H19F2N5OS/c1-23-7-2-3-12-10(11(18)4-5-20-15(16)17)9-21-13(22-12)14-19-6-8-24-14/h4-6,8,15H,2-3,7,9,18H2,1H3,(H,21,22). The summed E-state index contributed by atoms with van der Waals surface area (Å²) >= 11 is 1.48. The first-order chi connectivity index (χ1) is 11.6. The Kier molecular flexibility index (Phi) is 7.01. The van der Waals surface area contributed by atoms with Gasteiger partial charge in [0.15, 0.2) is 10.8 Å². The number of nitrogens with two attached hydrogens (primary N) is 1. The minimum absolute atomic E-state index is 0.356. The summed E-state index contributed by atoms with van der Waals surface area (Å²) in [7, 11) is 1.64. The molecule has 9 heteroatoms. The van der Waals surface area contributed by atoms with Gasteiger partial charge in [0, 0.05) is 48.5 Å². The molecule has 0 spiro atoms. The van der Waals surface area contributed by atoms with E-state index in [1.165, 1.54) is 17.4 Å². The molecule has 0 atom stereocenters. The summed E-state index contributed by atoms with van der Waals surface area (Å²) in [5.41, 5.74) is 8.03. The molecule has 0 radical (unpaired) electrons. The SMILES string of the molecule is COCCCC1=C(C(N)=CC=NC(F)F)CN=C(c2nccs2)N1. The quantitative estimate of drug-likeness (QED) is 0.426. The van der Waals surface area contributed by atoms with Crippen LogP contribution >= 0.6 is 11.3 Å². The lowest BCUT2D eigenvalue weighted by molar-refractivity contribution is 0.161. The molecule has 130 valence electrons. The predicted octanol–water partition coefficient (Wildman–Crippen LogP) is 2.31. The summed E-state index contributed by atoms with van der Waals surface area (Å²) in [4.78, 5) is 11.7. The first-order valence-corrected chi connectivity index (χ1v) is 8.19. The Balaban J connectivity index is 2.18. The van der Waals surface area contributed by atoms with E-state index in [1.807, 2.05) is 5.38 Å². The molecule has 0 aromatic carbocycles. The number of methoxy groups -OCH3 is 1. The van der Waals surface area contributed by atoms with Crippen LogP contribution in [0.4, 0.5) is 8.78 Å². The monoisotopic (exact) mass is 355 g/mol. The van der Waals surface area contributed by atoms with E-state index in [9.17, 15) is 8.78 Å². The van der Waals surface area contributed by atoms with E-state index in [1.54, 1.807) is 13.3 Å². The van der Waals surface area contributed by atoms with E-state index in [4.69, 9.17) is 10.5 Å². The Bertz CT molecular complexity index is 653. The largest absolute Gasteiger partial charge is 0.398 e. The number of alkyl halides is 2. The minimum atomic E-state index is -2.75. The molecule has 1 aliphatic heterocycles. The number of nitrogens with one attached hydrogen (secondary N) is 1. The normalized spacial score (nSPS) is 16.0. The molecule has 0 aliphatic carbocycles. The molecule has 0 fully saturated rings. The number of thiazole rings is 1. The second-order valence-electron chi connectivity index (χ2n) is 4.88. The molecule has 0 bridgehead atoms. The number of aromatic nitrogens is 1. The van der Waals surface area contributed by atoms with Gasteiger partial charge >= 0.3 is 6.55 Å². The Morgan fingerprint density at radius 1 is 1.58 bits per heavy atom. The van der Waals surface area contributed by atoms with E-state index < -0.39 is 6.55 Å². The van der Waals surface area contributed by atoms with Gasteiger partial charge in [-0.2, -0.15) is 8.78 Å².